The molecule has 1 aromatic rings. The Morgan fingerprint density at radius 2 is 2.17 bits per heavy atom. The van der Waals surface area contributed by atoms with Crippen LogP contribution in [0.5, 0.6) is 5.88 Å². The molecule has 1 aliphatic rings. The molecule has 0 spiro atoms. The highest BCUT2D eigenvalue weighted by atomic mass is 16.5. The first-order valence-electron chi connectivity index (χ1n) is 6.32. The second kappa shape index (κ2) is 5.80. The summed E-state index contributed by atoms with van der Waals surface area (Å²) in [4.78, 5) is 19.4. The van der Waals surface area contributed by atoms with E-state index in [9.17, 15) is 4.79 Å². The predicted octanol–water partition coefficient (Wildman–Crippen LogP) is 2.16. The Kier molecular flexibility index (Phi) is 4.12. The fourth-order valence-electron chi connectivity index (χ4n) is 2.42. The van der Waals surface area contributed by atoms with Gasteiger partial charge in [0.15, 0.2) is 0 Å². The van der Waals surface area contributed by atoms with Gasteiger partial charge in [0.2, 0.25) is 5.88 Å². The van der Waals surface area contributed by atoms with E-state index >= 15 is 0 Å². The lowest BCUT2D eigenvalue weighted by atomic mass is 9.88. The highest BCUT2D eigenvalue weighted by molar-refractivity contribution is 5.70. The van der Waals surface area contributed by atoms with Crippen LogP contribution < -0.4 is 4.74 Å². The topological polar surface area (TPSA) is 72.3 Å². The van der Waals surface area contributed by atoms with Crippen molar-refractivity contribution in [1.29, 1.82) is 0 Å². The first kappa shape index (κ1) is 12.8. The number of aromatic nitrogens is 2. The second-order valence-corrected chi connectivity index (χ2v) is 4.67. The number of aliphatic carboxylic acids is 1. The summed E-state index contributed by atoms with van der Waals surface area (Å²) >= 11 is 0. The number of ether oxygens (including phenoxy) is 1. The molecule has 0 amide bonds. The molecule has 5 nitrogen and oxygen atoms in total. The quantitative estimate of drug-likeness (QED) is 0.886. The first-order chi connectivity index (χ1) is 8.70. The lowest BCUT2D eigenvalue weighted by molar-refractivity contribution is -0.136. The number of hydrogen-bond donors (Lipinski definition) is 1. The van der Waals surface area contributed by atoms with E-state index in [1.165, 1.54) is 26.4 Å². The largest absolute Gasteiger partial charge is 0.481 e. The van der Waals surface area contributed by atoms with Crippen molar-refractivity contribution in [2.75, 3.05) is 7.11 Å². The van der Waals surface area contributed by atoms with Crippen molar-refractivity contribution in [2.24, 2.45) is 0 Å². The molecular formula is C13H18N2O3. The van der Waals surface area contributed by atoms with Crippen LogP contribution in [0.4, 0.5) is 0 Å². The summed E-state index contributed by atoms with van der Waals surface area (Å²) in [5, 5.41) is 8.79. The Hall–Kier alpha value is -1.65. The Morgan fingerprint density at radius 1 is 1.44 bits per heavy atom. The van der Waals surface area contributed by atoms with Crippen LogP contribution in [0.25, 0.3) is 0 Å². The van der Waals surface area contributed by atoms with Gasteiger partial charge in [0.05, 0.1) is 13.5 Å². The SMILES string of the molecule is COc1nc(C2CCCCC2)ncc1CC(=O)O. The lowest BCUT2D eigenvalue weighted by Crippen LogP contribution is -2.11. The van der Waals surface area contributed by atoms with E-state index in [1.807, 2.05) is 0 Å². The van der Waals surface area contributed by atoms with Crippen molar-refractivity contribution < 1.29 is 14.6 Å². The van der Waals surface area contributed by atoms with Crippen LogP contribution in [0, 0.1) is 0 Å². The van der Waals surface area contributed by atoms with Gasteiger partial charge in [0.1, 0.15) is 5.82 Å². The van der Waals surface area contributed by atoms with Crippen molar-refractivity contribution >= 4 is 5.97 Å². The maximum absolute atomic E-state index is 10.7. The van der Waals surface area contributed by atoms with E-state index in [4.69, 9.17) is 9.84 Å². The van der Waals surface area contributed by atoms with Gasteiger partial charge < -0.3 is 9.84 Å². The van der Waals surface area contributed by atoms with Gasteiger partial charge in [0, 0.05) is 17.7 Å². The van der Waals surface area contributed by atoms with E-state index in [0.29, 0.717) is 17.4 Å². The maximum Gasteiger partial charge on any atom is 0.308 e. The van der Waals surface area contributed by atoms with Gasteiger partial charge in [-0.25, -0.2) is 4.98 Å². The van der Waals surface area contributed by atoms with E-state index in [1.54, 1.807) is 6.20 Å². The van der Waals surface area contributed by atoms with Crippen LogP contribution in [0.3, 0.4) is 0 Å². The fourth-order valence-corrected chi connectivity index (χ4v) is 2.42. The van der Waals surface area contributed by atoms with Crippen molar-refractivity contribution in [2.45, 2.75) is 44.4 Å². The van der Waals surface area contributed by atoms with E-state index in [0.717, 1.165) is 18.7 Å². The average molecular weight is 250 g/mol. The lowest BCUT2D eigenvalue weighted by Gasteiger charge is -2.20. The molecule has 0 saturated heterocycles. The van der Waals surface area contributed by atoms with Gasteiger partial charge in [-0.05, 0) is 12.8 Å². The zero-order valence-corrected chi connectivity index (χ0v) is 10.6. The zero-order chi connectivity index (χ0) is 13.0. The molecule has 5 heteroatoms. The minimum absolute atomic E-state index is 0.103. The Morgan fingerprint density at radius 3 is 2.78 bits per heavy atom. The molecule has 2 rings (SSSR count). The third kappa shape index (κ3) is 2.97. The summed E-state index contributed by atoms with van der Waals surface area (Å²) in [6.07, 6.45) is 7.42. The zero-order valence-electron chi connectivity index (χ0n) is 10.6. The van der Waals surface area contributed by atoms with Crippen molar-refractivity contribution in [3.63, 3.8) is 0 Å². The van der Waals surface area contributed by atoms with E-state index in [2.05, 4.69) is 9.97 Å². The van der Waals surface area contributed by atoms with Gasteiger partial charge in [-0.2, -0.15) is 4.98 Å². The number of methoxy groups -OCH3 is 1. The smallest absolute Gasteiger partial charge is 0.308 e. The maximum atomic E-state index is 10.7. The highest BCUT2D eigenvalue weighted by Crippen LogP contribution is 2.31. The standard InChI is InChI=1S/C13H18N2O3/c1-18-13-10(7-11(16)17)8-14-12(15-13)9-5-3-2-4-6-9/h8-9H,2-7H2,1H3,(H,16,17). The van der Waals surface area contributed by atoms with E-state index < -0.39 is 5.97 Å². The molecule has 1 heterocycles. The van der Waals surface area contributed by atoms with Gasteiger partial charge >= 0.3 is 5.97 Å². The average Bonchev–Trinajstić information content (AvgIpc) is 2.39. The molecule has 98 valence electrons. The molecule has 1 fully saturated rings. The molecule has 18 heavy (non-hydrogen) atoms. The molecule has 1 aliphatic carbocycles. The van der Waals surface area contributed by atoms with Crippen LogP contribution in [-0.4, -0.2) is 28.2 Å². The predicted molar refractivity (Wildman–Crippen MR) is 65.7 cm³/mol. The van der Waals surface area contributed by atoms with Crippen LogP contribution >= 0.6 is 0 Å². The van der Waals surface area contributed by atoms with Gasteiger partial charge in [-0.3, -0.25) is 4.79 Å². The number of nitrogens with zero attached hydrogens (tertiary/aromatic N) is 2. The van der Waals surface area contributed by atoms with Crippen LogP contribution in [-0.2, 0) is 11.2 Å². The van der Waals surface area contributed by atoms with Crippen molar-refractivity contribution in [1.82, 2.24) is 9.97 Å². The molecule has 0 aromatic carbocycles. The minimum Gasteiger partial charge on any atom is -0.481 e. The Labute approximate surface area is 106 Å². The summed E-state index contributed by atoms with van der Waals surface area (Å²) in [5.74, 6) is 0.683. The normalized spacial score (nSPS) is 16.5. The Bertz CT molecular complexity index is 428. The molecule has 0 atom stereocenters. The summed E-state index contributed by atoms with van der Waals surface area (Å²) < 4.78 is 5.16. The number of hydrogen-bond acceptors (Lipinski definition) is 4. The number of carboxylic acids is 1. The number of carbonyl (C=O) groups is 1. The molecule has 1 N–H and O–H groups in total. The third-order valence-corrected chi connectivity index (χ3v) is 3.35. The first-order valence-corrected chi connectivity index (χ1v) is 6.32. The molecule has 1 saturated carbocycles. The Balaban J connectivity index is 2.20. The molecule has 0 aliphatic heterocycles. The molecule has 0 bridgehead atoms. The molecular weight excluding hydrogens is 232 g/mol. The summed E-state index contributed by atoms with van der Waals surface area (Å²) in [5.41, 5.74) is 0.532. The number of rotatable bonds is 4. The molecule has 0 unspecified atom stereocenters. The van der Waals surface area contributed by atoms with Crippen LogP contribution in [0.2, 0.25) is 0 Å². The monoisotopic (exact) mass is 250 g/mol. The fraction of sp³-hybridized carbons (Fsp3) is 0.615. The third-order valence-electron chi connectivity index (χ3n) is 3.35. The van der Waals surface area contributed by atoms with Crippen molar-refractivity contribution in [3.8, 4) is 5.88 Å². The van der Waals surface area contributed by atoms with Gasteiger partial charge in [-0.1, -0.05) is 19.3 Å². The van der Waals surface area contributed by atoms with Crippen molar-refractivity contribution in [3.05, 3.63) is 17.6 Å². The summed E-state index contributed by atoms with van der Waals surface area (Å²) in [6.45, 7) is 0. The second-order valence-electron chi connectivity index (χ2n) is 4.67. The van der Waals surface area contributed by atoms with Crippen LogP contribution in [0.1, 0.15) is 49.4 Å². The number of carboxylic acid groups (broad SMARTS) is 1. The minimum atomic E-state index is -0.901. The molecule has 1 aromatic heterocycles. The van der Waals surface area contributed by atoms with E-state index in [-0.39, 0.29) is 6.42 Å². The molecule has 0 radical (unpaired) electrons. The van der Waals surface area contributed by atoms with Crippen LogP contribution in [0.15, 0.2) is 6.20 Å². The summed E-state index contributed by atoms with van der Waals surface area (Å²) in [7, 11) is 1.51. The summed E-state index contributed by atoms with van der Waals surface area (Å²) in [6, 6.07) is 0. The van der Waals surface area contributed by atoms with Gasteiger partial charge in [0.25, 0.3) is 0 Å². The highest BCUT2D eigenvalue weighted by Gasteiger charge is 2.20. The van der Waals surface area contributed by atoms with Gasteiger partial charge in [-0.15, -0.1) is 0 Å².